The van der Waals surface area contributed by atoms with Crippen LogP contribution in [0.3, 0.4) is 0 Å². The van der Waals surface area contributed by atoms with Crippen molar-refractivity contribution in [2.75, 3.05) is 0 Å². The molecule has 0 N–H and O–H groups in total. The number of aliphatic imine (C=N–C) groups is 3. The van der Waals surface area contributed by atoms with Gasteiger partial charge in [0.15, 0.2) is 11.7 Å². The van der Waals surface area contributed by atoms with Gasteiger partial charge in [-0.2, -0.15) is 0 Å². The van der Waals surface area contributed by atoms with Crippen LogP contribution in [-0.4, -0.2) is 23.4 Å². The summed E-state index contributed by atoms with van der Waals surface area (Å²) in [6, 6.07) is 71.5. The Balaban J connectivity index is 1.01. The van der Waals surface area contributed by atoms with E-state index < -0.39 is 0 Å². The molecule has 4 heteroatoms. The Morgan fingerprint density at radius 2 is 0.965 bits per heavy atom. The van der Waals surface area contributed by atoms with Gasteiger partial charge in [-0.05, 0) is 68.6 Å². The van der Waals surface area contributed by atoms with Gasteiger partial charge in [-0.1, -0.05) is 194 Å². The molecular weight excluding hydrogens is 693 g/mol. The highest BCUT2D eigenvalue weighted by molar-refractivity contribution is 6.14. The molecule has 9 aromatic rings. The SMILES string of the molecule is C=N/C(=N\C(=N/Cc1ccccc1)c1ccc(-c2ccccc2)cc1)c1ccc(-c2ccc(-c3cc(-c4ccccc4)c4c(ccc5ccccc54)n3)cc2)cc1. The van der Waals surface area contributed by atoms with Gasteiger partial charge in [0.05, 0.1) is 17.8 Å². The quantitative estimate of drug-likeness (QED) is 0.0872. The van der Waals surface area contributed by atoms with Gasteiger partial charge in [0.25, 0.3) is 0 Å². The van der Waals surface area contributed by atoms with Crippen molar-refractivity contribution in [3.8, 4) is 44.6 Å². The molecule has 0 aliphatic heterocycles. The summed E-state index contributed by atoms with van der Waals surface area (Å²) in [5, 5.41) is 3.59. The summed E-state index contributed by atoms with van der Waals surface area (Å²) in [6.07, 6.45) is 0. The van der Waals surface area contributed by atoms with Gasteiger partial charge < -0.3 is 0 Å². The third kappa shape index (κ3) is 7.57. The van der Waals surface area contributed by atoms with E-state index in [9.17, 15) is 0 Å². The minimum Gasteiger partial charge on any atom is -0.261 e. The summed E-state index contributed by atoms with van der Waals surface area (Å²) >= 11 is 0. The van der Waals surface area contributed by atoms with Gasteiger partial charge in [0, 0.05) is 22.1 Å². The Labute approximate surface area is 333 Å². The second-order valence-electron chi connectivity index (χ2n) is 13.9. The third-order valence-electron chi connectivity index (χ3n) is 10.3. The first-order chi connectivity index (χ1) is 28.2. The van der Waals surface area contributed by atoms with Crippen molar-refractivity contribution in [2.24, 2.45) is 15.0 Å². The lowest BCUT2D eigenvalue weighted by Gasteiger charge is -2.13. The maximum Gasteiger partial charge on any atom is 0.161 e. The van der Waals surface area contributed by atoms with Crippen molar-refractivity contribution in [1.82, 2.24) is 4.98 Å². The van der Waals surface area contributed by atoms with E-state index in [-0.39, 0.29) is 0 Å². The zero-order valence-electron chi connectivity index (χ0n) is 31.3. The summed E-state index contributed by atoms with van der Waals surface area (Å²) in [6.45, 7) is 4.39. The fourth-order valence-electron chi connectivity index (χ4n) is 7.32. The number of fused-ring (bicyclic) bond motifs is 3. The van der Waals surface area contributed by atoms with Gasteiger partial charge in [-0.3, -0.25) is 4.99 Å². The van der Waals surface area contributed by atoms with Crippen molar-refractivity contribution < 1.29 is 0 Å². The lowest BCUT2D eigenvalue weighted by molar-refractivity contribution is 1.06. The van der Waals surface area contributed by atoms with Crippen LogP contribution < -0.4 is 0 Å². The molecule has 8 aromatic carbocycles. The first-order valence-electron chi connectivity index (χ1n) is 19.1. The standard InChI is InChI=1S/C53H38N4/c1-54-52(57-53(55-36-37-13-5-2-6-14-37)46-31-25-39(26-32-46)38-15-7-3-8-16-38)45-29-23-41(24-30-45)40-21-27-44(28-22-40)50-35-48(42-17-9-4-10-18-42)51-47-20-12-11-19-43(47)33-34-49(51)56-50/h2-35H,1,36H2/b55-53-,57-52-. The van der Waals surface area contributed by atoms with Crippen LogP contribution in [0.1, 0.15) is 16.7 Å². The van der Waals surface area contributed by atoms with Crippen molar-refractivity contribution >= 4 is 40.1 Å². The largest absolute Gasteiger partial charge is 0.261 e. The highest BCUT2D eigenvalue weighted by atomic mass is 15.0. The Morgan fingerprint density at radius 3 is 1.60 bits per heavy atom. The van der Waals surface area contributed by atoms with Crippen LogP contribution in [0.15, 0.2) is 221 Å². The molecule has 0 saturated heterocycles. The Kier molecular flexibility index (Phi) is 9.89. The molecule has 0 amide bonds. The van der Waals surface area contributed by atoms with Gasteiger partial charge >= 0.3 is 0 Å². The van der Waals surface area contributed by atoms with E-state index in [0.29, 0.717) is 18.2 Å². The lowest BCUT2D eigenvalue weighted by Crippen LogP contribution is -2.05. The maximum absolute atomic E-state index is 5.18. The van der Waals surface area contributed by atoms with E-state index in [0.717, 1.165) is 55.7 Å². The number of aromatic nitrogens is 1. The number of amidine groups is 2. The molecule has 0 unspecified atom stereocenters. The predicted octanol–water partition coefficient (Wildman–Crippen LogP) is 13.2. The van der Waals surface area contributed by atoms with Crippen molar-refractivity contribution in [3.63, 3.8) is 0 Å². The summed E-state index contributed by atoms with van der Waals surface area (Å²) in [5.41, 5.74) is 12.7. The molecule has 0 atom stereocenters. The van der Waals surface area contributed by atoms with E-state index in [1.165, 1.54) is 27.3 Å². The molecule has 9 rings (SSSR count). The van der Waals surface area contributed by atoms with E-state index in [1.807, 2.05) is 36.4 Å². The molecule has 1 aromatic heterocycles. The van der Waals surface area contributed by atoms with Crippen LogP contribution in [0.2, 0.25) is 0 Å². The van der Waals surface area contributed by atoms with Crippen molar-refractivity contribution in [3.05, 3.63) is 223 Å². The van der Waals surface area contributed by atoms with Gasteiger partial charge in [0.2, 0.25) is 0 Å². The van der Waals surface area contributed by atoms with Crippen LogP contribution in [-0.2, 0) is 6.54 Å². The molecule has 4 nitrogen and oxygen atoms in total. The van der Waals surface area contributed by atoms with Crippen molar-refractivity contribution in [1.29, 1.82) is 0 Å². The maximum atomic E-state index is 5.18. The lowest BCUT2D eigenvalue weighted by atomic mass is 9.94. The van der Waals surface area contributed by atoms with Gasteiger partial charge in [-0.15, -0.1) is 0 Å². The van der Waals surface area contributed by atoms with E-state index in [1.54, 1.807) is 0 Å². The Bertz CT molecular complexity index is 2880. The Morgan fingerprint density at radius 1 is 0.456 bits per heavy atom. The normalized spacial score (nSPS) is 11.9. The van der Waals surface area contributed by atoms with Crippen LogP contribution in [0, 0.1) is 0 Å². The molecule has 0 fully saturated rings. The van der Waals surface area contributed by atoms with Crippen LogP contribution in [0.25, 0.3) is 66.3 Å². The highest BCUT2D eigenvalue weighted by Crippen LogP contribution is 2.37. The predicted molar refractivity (Wildman–Crippen MR) is 240 cm³/mol. The average molecular weight is 731 g/mol. The smallest absolute Gasteiger partial charge is 0.161 e. The van der Waals surface area contributed by atoms with Crippen molar-refractivity contribution in [2.45, 2.75) is 6.54 Å². The minimum atomic E-state index is 0.499. The molecule has 0 bridgehead atoms. The molecule has 0 aliphatic carbocycles. The fourth-order valence-corrected chi connectivity index (χ4v) is 7.32. The molecule has 0 spiro atoms. The minimum absolute atomic E-state index is 0.499. The summed E-state index contributed by atoms with van der Waals surface area (Å²) < 4.78 is 0. The summed E-state index contributed by atoms with van der Waals surface area (Å²) in [5.74, 6) is 1.12. The monoisotopic (exact) mass is 730 g/mol. The number of hydrogen-bond donors (Lipinski definition) is 0. The second-order valence-corrected chi connectivity index (χ2v) is 13.9. The van der Waals surface area contributed by atoms with Crippen LogP contribution in [0.5, 0.6) is 0 Å². The topological polar surface area (TPSA) is 50.0 Å². The molecule has 0 radical (unpaired) electrons. The average Bonchev–Trinajstić information content (AvgIpc) is 3.30. The second kappa shape index (κ2) is 16.0. The van der Waals surface area contributed by atoms with Crippen LogP contribution in [0.4, 0.5) is 0 Å². The number of nitrogens with zero attached hydrogens (tertiary/aromatic N) is 4. The van der Waals surface area contributed by atoms with E-state index in [2.05, 4.69) is 182 Å². The molecule has 0 aliphatic rings. The molecule has 1 heterocycles. The number of pyridine rings is 1. The summed E-state index contributed by atoms with van der Waals surface area (Å²) in [7, 11) is 0. The first-order valence-corrected chi connectivity index (χ1v) is 19.1. The van der Waals surface area contributed by atoms with E-state index in [4.69, 9.17) is 15.0 Å². The molecule has 57 heavy (non-hydrogen) atoms. The highest BCUT2D eigenvalue weighted by Gasteiger charge is 2.14. The Hall–Kier alpha value is -7.56. The molecule has 0 saturated carbocycles. The van der Waals surface area contributed by atoms with Gasteiger partial charge in [-0.25, -0.2) is 15.0 Å². The third-order valence-corrected chi connectivity index (χ3v) is 10.3. The van der Waals surface area contributed by atoms with Crippen LogP contribution >= 0.6 is 0 Å². The molecule has 270 valence electrons. The number of rotatable bonds is 8. The zero-order valence-corrected chi connectivity index (χ0v) is 31.3. The number of hydrogen-bond acceptors (Lipinski definition) is 2. The zero-order chi connectivity index (χ0) is 38.4. The fraction of sp³-hybridized carbons (Fsp3) is 0.0189. The number of benzene rings is 8. The first kappa shape index (κ1) is 35.2. The molecular formula is C53H38N4. The summed E-state index contributed by atoms with van der Waals surface area (Å²) in [4.78, 5) is 19.5. The van der Waals surface area contributed by atoms with E-state index >= 15 is 0 Å². The van der Waals surface area contributed by atoms with Gasteiger partial charge in [0.1, 0.15) is 0 Å².